The molecule has 1 rings (SSSR count). The standard InChI is InChI=1S/C13H16F3NO2/c1-4-17(9(2)3)12(18)10-5-7-11(8-6-10)19-13(14,15)16/h5-9H,4H2,1-3H3. The number of carbonyl (C=O) groups excluding carboxylic acids is 1. The van der Waals surface area contributed by atoms with Gasteiger partial charge in [-0.05, 0) is 45.0 Å². The monoisotopic (exact) mass is 275 g/mol. The van der Waals surface area contributed by atoms with E-state index in [9.17, 15) is 18.0 Å². The number of nitrogens with zero attached hydrogens (tertiary/aromatic N) is 1. The Hall–Kier alpha value is -1.72. The van der Waals surface area contributed by atoms with Crippen molar-refractivity contribution in [1.82, 2.24) is 4.90 Å². The quantitative estimate of drug-likeness (QED) is 0.842. The molecule has 0 heterocycles. The van der Waals surface area contributed by atoms with E-state index in [4.69, 9.17) is 0 Å². The summed E-state index contributed by atoms with van der Waals surface area (Å²) in [5.74, 6) is -0.548. The molecule has 0 fully saturated rings. The molecule has 0 aromatic heterocycles. The molecule has 0 radical (unpaired) electrons. The molecule has 0 saturated carbocycles. The van der Waals surface area contributed by atoms with Gasteiger partial charge in [-0.25, -0.2) is 0 Å². The second-order valence-electron chi connectivity index (χ2n) is 4.26. The number of benzene rings is 1. The summed E-state index contributed by atoms with van der Waals surface area (Å²) < 4.78 is 39.7. The van der Waals surface area contributed by atoms with Gasteiger partial charge in [0.2, 0.25) is 0 Å². The Morgan fingerprint density at radius 2 is 1.79 bits per heavy atom. The van der Waals surface area contributed by atoms with Gasteiger partial charge in [0.15, 0.2) is 0 Å². The lowest BCUT2D eigenvalue weighted by atomic mass is 10.1. The topological polar surface area (TPSA) is 29.5 Å². The van der Waals surface area contributed by atoms with E-state index >= 15 is 0 Å². The number of hydrogen-bond acceptors (Lipinski definition) is 2. The SMILES string of the molecule is CCN(C(=O)c1ccc(OC(F)(F)F)cc1)C(C)C. The molecule has 106 valence electrons. The first kappa shape index (κ1) is 15.3. The van der Waals surface area contributed by atoms with Gasteiger partial charge in [0, 0.05) is 18.2 Å². The predicted molar refractivity (Wildman–Crippen MR) is 65.0 cm³/mol. The zero-order valence-corrected chi connectivity index (χ0v) is 11.0. The first-order valence-corrected chi connectivity index (χ1v) is 5.91. The van der Waals surface area contributed by atoms with E-state index in [0.717, 1.165) is 12.1 Å². The van der Waals surface area contributed by atoms with Crippen molar-refractivity contribution >= 4 is 5.91 Å². The summed E-state index contributed by atoms with van der Waals surface area (Å²) in [5, 5.41) is 0. The van der Waals surface area contributed by atoms with Crippen molar-refractivity contribution in [3.05, 3.63) is 29.8 Å². The van der Waals surface area contributed by atoms with Gasteiger partial charge in [-0.15, -0.1) is 13.2 Å². The van der Waals surface area contributed by atoms with Crippen LogP contribution < -0.4 is 4.74 Å². The smallest absolute Gasteiger partial charge is 0.406 e. The number of rotatable bonds is 4. The Bertz CT molecular complexity index is 427. The molecule has 0 saturated heterocycles. The van der Waals surface area contributed by atoms with Crippen LogP contribution in [-0.2, 0) is 0 Å². The van der Waals surface area contributed by atoms with Crippen LogP contribution in [0.15, 0.2) is 24.3 Å². The van der Waals surface area contributed by atoms with Gasteiger partial charge in [0.05, 0.1) is 0 Å². The summed E-state index contributed by atoms with van der Waals surface area (Å²) in [4.78, 5) is 13.7. The maximum Gasteiger partial charge on any atom is 0.573 e. The number of ether oxygens (including phenoxy) is 1. The third-order valence-electron chi connectivity index (χ3n) is 2.56. The molecular formula is C13H16F3NO2. The lowest BCUT2D eigenvalue weighted by molar-refractivity contribution is -0.274. The highest BCUT2D eigenvalue weighted by Crippen LogP contribution is 2.23. The van der Waals surface area contributed by atoms with Crippen molar-refractivity contribution in [2.75, 3.05) is 6.54 Å². The molecule has 1 aromatic rings. The van der Waals surface area contributed by atoms with Crippen molar-refractivity contribution in [3.63, 3.8) is 0 Å². The van der Waals surface area contributed by atoms with Crippen LogP contribution in [0.25, 0.3) is 0 Å². The molecule has 0 atom stereocenters. The first-order valence-electron chi connectivity index (χ1n) is 5.91. The Labute approximate surface area is 110 Å². The summed E-state index contributed by atoms with van der Waals surface area (Å²) in [6.45, 7) is 6.14. The maximum atomic E-state index is 12.1. The van der Waals surface area contributed by atoms with Gasteiger partial charge in [-0.3, -0.25) is 4.79 Å². The minimum Gasteiger partial charge on any atom is -0.406 e. The maximum absolute atomic E-state index is 12.1. The third kappa shape index (κ3) is 4.46. The summed E-state index contributed by atoms with van der Waals surface area (Å²) in [7, 11) is 0. The lowest BCUT2D eigenvalue weighted by Gasteiger charge is -2.25. The van der Waals surface area contributed by atoms with Gasteiger partial charge in [-0.2, -0.15) is 0 Å². The van der Waals surface area contributed by atoms with E-state index in [0.29, 0.717) is 12.1 Å². The van der Waals surface area contributed by atoms with E-state index in [1.807, 2.05) is 20.8 Å². The second-order valence-corrected chi connectivity index (χ2v) is 4.26. The molecule has 1 aromatic carbocycles. The molecule has 3 nitrogen and oxygen atoms in total. The normalized spacial score (nSPS) is 11.5. The Morgan fingerprint density at radius 3 is 2.16 bits per heavy atom. The number of carbonyl (C=O) groups is 1. The van der Waals surface area contributed by atoms with Crippen molar-refractivity contribution < 1.29 is 22.7 Å². The first-order chi connectivity index (χ1) is 8.74. The van der Waals surface area contributed by atoms with Crippen LogP contribution in [0.3, 0.4) is 0 Å². The Morgan fingerprint density at radius 1 is 1.26 bits per heavy atom. The summed E-state index contributed by atoms with van der Waals surface area (Å²) in [6.07, 6.45) is -4.72. The van der Waals surface area contributed by atoms with Crippen molar-refractivity contribution in [1.29, 1.82) is 0 Å². The van der Waals surface area contributed by atoms with E-state index in [1.54, 1.807) is 4.90 Å². The zero-order chi connectivity index (χ0) is 14.6. The van der Waals surface area contributed by atoms with Crippen LogP contribution in [-0.4, -0.2) is 29.8 Å². The highest BCUT2D eigenvalue weighted by atomic mass is 19.4. The van der Waals surface area contributed by atoms with Gasteiger partial charge in [-0.1, -0.05) is 0 Å². The Balaban J connectivity index is 2.84. The summed E-state index contributed by atoms with van der Waals surface area (Å²) in [5.41, 5.74) is 0.338. The summed E-state index contributed by atoms with van der Waals surface area (Å²) >= 11 is 0. The van der Waals surface area contributed by atoms with Crippen molar-refractivity contribution in [2.24, 2.45) is 0 Å². The molecule has 19 heavy (non-hydrogen) atoms. The minimum absolute atomic E-state index is 0.0311. The molecule has 0 bridgehead atoms. The fourth-order valence-corrected chi connectivity index (χ4v) is 1.71. The molecule has 0 aliphatic rings. The minimum atomic E-state index is -4.72. The average Bonchev–Trinajstić information content (AvgIpc) is 2.28. The molecule has 0 aliphatic heterocycles. The highest BCUT2D eigenvalue weighted by Gasteiger charge is 2.31. The number of halogens is 3. The van der Waals surface area contributed by atoms with E-state index < -0.39 is 6.36 Å². The molecule has 0 aliphatic carbocycles. The average molecular weight is 275 g/mol. The Kier molecular flexibility index (Phi) is 4.80. The van der Waals surface area contributed by atoms with Gasteiger partial charge in [0.1, 0.15) is 5.75 Å². The molecule has 6 heteroatoms. The van der Waals surface area contributed by atoms with E-state index in [2.05, 4.69) is 4.74 Å². The molecule has 1 amide bonds. The zero-order valence-electron chi connectivity index (χ0n) is 11.0. The van der Waals surface area contributed by atoms with E-state index in [1.165, 1.54) is 12.1 Å². The fraction of sp³-hybridized carbons (Fsp3) is 0.462. The van der Waals surface area contributed by atoms with Crippen molar-refractivity contribution in [3.8, 4) is 5.75 Å². The molecular weight excluding hydrogens is 259 g/mol. The third-order valence-corrected chi connectivity index (χ3v) is 2.56. The number of amides is 1. The highest BCUT2D eigenvalue weighted by molar-refractivity contribution is 5.94. The molecule has 0 N–H and O–H groups in total. The molecule has 0 unspecified atom stereocenters. The van der Waals surface area contributed by atoms with Crippen LogP contribution in [0, 0.1) is 0 Å². The predicted octanol–water partition coefficient (Wildman–Crippen LogP) is 3.46. The van der Waals surface area contributed by atoms with Gasteiger partial charge in [0.25, 0.3) is 5.91 Å². The van der Waals surface area contributed by atoms with Crippen LogP contribution in [0.5, 0.6) is 5.75 Å². The molecule has 0 spiro atoms. The van der Waals surface area contributed by atoms with Gasteiger partial charge < -0.3 is 9.64 Å². The van der Waals surface area contributed by atoms with Crippen LogP contribution in [0.2, 0.25) is 0 Å². The van der Waals surface area contributed by atoms with Crippen molar-refractivity contribution in [2.45, 2.75) is 33.2 Å². The number of hydrogen-bond donors (Lipinski definition) is 0. The van der Waals surface area contributed by atoms with Crippen LogP contribution in [0.4, 0.5) is 13.2 Å². The van der Waals surface area contributed by atoms with Gasteiger partial charge >= 0.3 is 6.36 Å². The second kappa shape index (κ2) is 5.95. The largest absolute Gasteiger partial charge is 0.573 e. The van der Waals surface area contributed by atoms with E-state index in [-0.39, 0.29) is 17.7 Å². The lowest BCUT2D eigenvalue weighted by Crippen LogP contribution is -2.36. The summed E-state index contributed by atoms with van der Waals surface area (Å²) in [6, 6.07) is 4.95. The van der Waals surface area contributed by atoms with Crippen LogP contribution >= 0.6 is 0 Å². The van der Waals surface area contributed by atoms with Crippen LogP contribution in [0.1, 0.15) is 31.1 Å². The fourth-order valence-electron chi connectivity index (χ4n) is 1.71. The number of alkyl halides is 3.